The van der Waals surface area contributed by atoms with E-state index in [2.05, 4.69) is 16.0 Å². The van der Waals surface area contributed by atoms with Gasteiger partial charge in [-0.1, -0.05) is 44.2 Å². The maximum absolute atomic E-state index is 13.7. The number of nitrogens with zero attached hydrogens (tertiary/aromatic N) is 1. The monoisotopic (exact) mass is 585 g/mol. The Labute approximate surface area is 244 Å². The summed E-state index contributed by atoms with van der Waals surface area (Å²) in [4.78, 5) is 55.6. The molecule has 2 aromatic rings. The van der Waals surface area contributed by atoms with Gasteiger partial charge in [-0.25, -0.2) is 4.79 Å². The highest BCUT2D eigenvalue weighted by Gasteiger charge is 2.38. The van der Waals surface area contributed by atoms with Gasteiger partial charge in [0, 0.05) is 28.0 Å². The number of thiophene rings is 1. The van der Waals surface area contributed by atoms with Crippen LogP contribution in [0.15, 0.2) is 46.7 Å². The number of hydrogen-bond acceptors (Lipinski definition) is 6. The van der Waals surface area contributed by atoms with Crippen LogP contribution in [0.5, 0.6) is 0 Å². The lowest BCUT2D eigenvalue weighted by atomic mass is 9.84. The van der Waals surface area contributed by atoms with Crippen molar-refractivity contribution >= 4 is 52.5 Å². The highest BCUT2D eigenvalue weighted by atomic mass is 32.2. The van der Waals surface area contributed by atoms with E-state index in [1.807, 2.05) is 42.0 Å². The van der Waals surface area contributed by atoms with Crippen LogP contribution >= 0.6 is 23.1 Å². The highest BCUT2D eigenvalue weighted by Crippen LogP contribution is 2.28. The minimum Gasteiger partial charge on any atom is -0.368 e. The summed E-state index contributed by atoms with van der Waals surface area (Å²) in [7, 11) is 0. The molecule has 11 heteroatoms. The van der Waals surface area contributed by atoms with E-state index in [1.165, 1.54) is 22.7 Å². The van der Waals surface area contributed by atoms with Gasteiger partial charge in [0.25, 0.3) is 0 Å². The van der Waals surface area contributed by atoms with E-state index in [-0.39, 0.29) is 31.3 Å². The van der Waals surface area contributed by atoms with E-state index in [0.29, 0.717) is 24.4 Å². The quantitative estimate of drug-likeness (QED) is 0.311. The molecule has 5 amide bonds. The number of thioether (sulfide) groups is 1. The maximum atomic E-state index is 13.7. The molecule has 0 radical (unpaired) electrons. The van der Waals surface area contributed by atoms with Crippen molar-refractivity contribution in [2.24, 2.45) is 11.7 Å². The zero-order valence-corrected chi connectivity index (χ0v) is 24.5. The minimum atomic E-state index is -0.863. The van der Waals surface area contributed by atoms with Gasteiger partial charge < -0.3 is 26.6 Å². The van der Waals surface area contributed by atoms with Gasteiger partial charge in [-0.15, -0.1) is 23.1 Å². The van der Waals surface area contributed by atoms with Crippen LogP contribution in [0.2, 0.25) is 0 Å². The maximum Gasteiger partial charge on any atom is 0.322 e. The van der Waals surface area contributed by atoms with Crippen LogP contribution in [-0.2, 0) is 20.8 Å². The number of amides is 5. The molecule has 1 aliphatic carbocycles. The van der Waals surface area contributed by atoms with Crippen molar-refractivity contribution in [1.82, 2.24) is 15.5 Å². The number of primary amides is 1. The van der Waals surface area contributed by atoms with Gasteiger partial charge in [-0.3, -0.25) is 14.4 Å². The topological polar surface area (TPSA) is 134 Å². The first-order valence-corrected chi connectivity index (χ1v) is 16.1. The number of anilines is 1. The van der Waals surface area contributed by atoms with Crippen molar-refractivity contribution in [2.75, 3.05) is 18.1 Å². The fraction of sp³-hybridized carbons (Fsp3) is 0.517. The Morgan fingerprint density at radius 2 is 1.90 bits per heavy atom. The third-order valence-electron chi connectivity index (χ3n) is 7.72. The van der Waals surface area contributed by atoms with E-state index >= 15 is 0 Å². The normalized spacial score (nSPS) is 20.4. The van der Waals surface area contributed by atoms with Gasteiger partial charge in [0.2, 0.25) is 17.7 Å². The van der Waals surface area contributed by atoms with Crippen LogP contribution in [0.1, 0.15) is 56.2 Å². The second-order valence-electron chi connectivity index (χ2n) is 10.6. The number of likely N-dealkylation sites (tertiary alicyclic amines) is 1. The number of benzene rings is 1. The van der Waals surface area contributed by atoms with Crippen molar-refractivity contribution < 1.29 is 19.2 Å². The molecule has 1 aliphatic heterocycles. The average Bonchev–Trinajstić information content (AvgIpc) is 3.46. The molecule has 216 valence electrons. The Balaban J connectivity index is 1.46. The van der Waals surface area contributed by atoms with Gasteiger partial charge >= 0.3 is 6.03 Å². The molecule has 2 aliphatic rings. The van der Waals surface area contributed by atoms with E-state index in [9.17, 15) is 19.2 Å². The predicted molar refractivity (Wildman–Crippen MR) is 159 cm³/mol. The molecule has 1 saturated carbocycles. The number of urea groups is 1. The van der Waals surface area contributed by atoms with Crippen molar-refractivity contribution in [1.29, 1.82) is 0 Å². The fourth-order valence-corrected chi connectivity index (χ4v) is 6.77. The van der Waals surface area contributed by atoms with Crippen molar-refractivity contribution in [2.45, 2.75) is 80.8 Å². The number of nitrogens with two attached hydrogens (primary N) is 1. The molecule has 5 N–H and O–H groups in total. The lowest BCUT2D eigenvalue weighted by molar-refractivity contribution is -0.132. The molecule has 3 unspecified atom stereocenters. The third-order valence-corrected chi connectivity index (χ3v) is 9.32. The number of nitrogens with one attached hydrogen (secondary N) is 3. The Morgan fingerprint density at radius 1 is 1.10 bits per heavy atom. The van der Waals surface area contributed by atoms with Crippen LogP contribution in [-0.4, -0.2) is 59.6 Å². The van der Waals surface area contributed by atoms with E-state index < -0.39 is 29.9 Å². The molecular formula is C29H39N5O4S2. The zero-order valence-electron chi connectivity index (χ0n) is 22.9. The number of hydrogen-bond donors (Lipinski definition) is 4. The summed E-state index contributed by atoms with van der Waals surface area (Å²) in [5, 5.41) is 10.7. The molecule has 9 nitrogen and oxygen atoms in total. The lowest BCUT2D eigenvalue weighted by Crippen LogP contribution is -2.60. The molecular weight excluding hydrogens is 546 g/mol. The smallest absolute Gasteiger partial charge is 0.322 e. The Morgan fingerprint density at radius 3 is 2.60 bits per heavy atom. The summed E-state index contributed by atoms with van der Waals surface area (Å²) in [6.45, 7) is 0.278. The largest absolute Gasteiger partial charge is 0.368 e. The summed E-state index contributed by atoms with van der Waals surface area (Å²) in [6.07, 6.45) is 8.95. The Hall–Kier alpha value is -3.05. The van der Waals surface area contributed by atoms with E-state index in [0.717, 1.165) is 35.5 Å². The fourth-order valence-electron chi connectivity index (χ4n) is 5.60. The molecule has 4 rings (SSSR count). The van der Waals surface area contributed by atoms with Gasteiger partial charge in [0.1, 0.15) is 12.1 Å². The Kier molecular flexibility index (Phi) is 10.9. The molecule has 1 saturated heterocycles. The third kappa shape index (κ3) is 8.47. The van der Waals surface area contributed by atoms with Gasteiger partial charge in [-0.05, 0) is 61.1 Å². The van der Waals surface area contributed by atoms with Crippen LogP contribution in [0.3, 0.4) is 0 Å². The first-order valence-electron chi connectivity index (χ1n) is 14.0. The molecule has 40 heavy (non-hydrogen) atoms. The van der Waals surface area contributed by atoms with Crippen molar-refractivity contribution in [3.8, 4) is 0 Å². The molecule has 0 bridgehead atoms. The molecule has 3 atom stereocenters. The number of carbonyl (C=O) groups excluding carboxylic acids is 4. The van der Waals surface area contributed by atoms with Crippen LogP contribution in [0, 0.1) is 5.92 Å². The number of rotatable bonds is 10. The van der Waals surface area contributed by atoms with Crippen molar-refractivity contribution in [3.63, 3.8) is 0 Å². The molecule has 1 aromatic carbocycles. The van der Waals surface area contributed by atoms with Crippen LogP contribution < -0.4 is 21.7 Å². The lowest BCUT2D eigenvalue weighted by Gasteiger charge is -2.39. The standard InChI is InChI=1S/C29H39N5O4S2/c1-39-22-10-5-9-20(16-22)32-29(38)34-13-12-21(31-26(35)18-23-11-6-14-40-23)17-25(34)28(37)33-24(27(30)36)15-19-7-3-2-4-8-19/h5-6,9-11,14,16,19,21,24-25H,2-4,7-8,12-13,15,17-18H2,1H3,(H2,30,36)(H,31,35)(H,32,38)(H,33,37). The Bertz CT molecular complexity index is 1170. The number of carbonyl (C=O) groups is 4. The van der Waals surface area contributed by atoms with Gasteiger partial charge in [-0.2, -0.15) is 0 Å². The zero-order chi connectivity index (χ0) is 28.5. The second kappa shape index (κ2) is 14.5. The van der Waals surface area contributed by atoms with Crippen molar-refractivity contribution in [3.05, 3.63) is 46.7 Å². The summed E-state index contributed by atoms with van der Waals surface area (Å²) in [5.74, 6) is -0.777. The minimum absolute atomic E-state index is 0.120. The second-order valence-corrected chi connectivity index (χ2v) is 12.5. The van der Waals surface area contributed by atoms with E-state index in [1.54, 1.807) is 17.8 Å². The molecule has 0 spiro atoms. The number of piperidine rings is 1. The van der Waals surface area contributed by atoms with Gasteiger partial charge in [0.05, 0.1) is 6.42 Å². The molecule has 2 fully saturated rings. The summed E-state index contributed by atoms with van der Waals surface area (Å²) >= 11 is 3.09. The first kappa shape index (κ1) is 29.9. The molecule has 1 aromatic heterocycles. The van der Waals surface area contributed by atoms with Crippen LogP contribution in [0.4, 0.5) is 10.5 Å². The van der Waals surface area contributed by atoms with Gasteiger partial charge in [0.15, 0.2) is 0 Å². The SMILES string of the molecule is CSc1cccc(NC(=O)N2CCC(NC(=O)Cc3cccs3)CC2C(=O)NC(CC2CCCCC2)C(N)=O)c1. The average molecular weight is 586 g/mol. The van der Waals surface area contributed by atoms with Crippen LogP contribution in [0.25, 0.3) is 0 Å². The first-order chi connectivity index (χ1) is 19.3. The highest BCUT2D eigenvalue weighted by molar-refractivity contribution is 7.98. The predicted octanol–water partition coefficient (Wildman–Crippen LogP) is 4.13. The summed E-state index contributed by atoms with van der Waals surface area (Å²) in [6, 6.07) is 8.98. The van der Waals surface area contributed by atoms with E-state index in [4.69, 9.17) is 5.73 Å². The summed E-state index contributed by atoms with van der Waals surface area (Å²) < 4.78 is 0. The summed E-state index contributed by atoms with van der Waals surface area (Å²) in [5.41, 5.74) is 6.34. The molecule has 2 heterocycles.